The Balaban J connectivity index is 1.37. The van der Waals surface area contributed by atoms with Crippen LogP contribution in [0.2, 0.25) is 0 Å². The van der Waals surface area contributed by atoms with Crippen molar-refractivity contribution in [2.24, 2.45) is 0 Å². The molecule has 0 saturated heterocycles. The molecule has 208 valence electrons. The first-order chi connectivity index (χ1) is 21.0. The molecule has 0 radical (unpaired) electrons. The Morgan fingerprint density at radius 2 is 1.12 bits per heavy atom. The summed E-state index contributed by atoms with van der Waals surface area (Å²) in [4.78, 5) is 0. The van der Waals surface area contributed by atoms with E-state index in [1.54, 1.807) is 0 Å². The van der Waals surface area contributed by atoms with Crippen molar-refractivity contribution in [3.63, 3.8) is 0 Å². The fourth-order valence-corrected chi connectivity index (χ4v) is 8.39. The molecule has 0 N–H and O–H groups in total. The average molecular weight is 555 g/mol. The molecule has 0 spiro atoms. The fourth-order valence-electron chi connectivity index (χ4n) is 8.39. The van der Waals surface area contributed by atoms with Gasteiger partial charge in [-0.15, -0.1) is 0 Å². The summed E-state index contributed by atoms with van der Waals surface area (Å²) in [6.07, 6.45) is 4.80. The third kappa shape index (κ3) is 3.45. The van der Waals surface area contributed by atoms with Crippen LogP contribution in [-0.2, 0) is 5.41 Å². The fraction of sp³-hybridized carbons (Fsp3) is 0.190. The predicted octanol–water partition coefficient (Wildman–Crippen LogP) is 11.6. The summed E-state index contributed by atoms with van der Waals surface area (Å²) in [5.41, 5.74) is 8.93. The summed E-state index contributed by atoms with van der Waals surface area (Å²) in [6, 6.07) is 45.1. The van der Waals surface area contributed by atoms with Crippen molar-refractivity contribution in [2.45, 2.75) is 50.5 Å². The molecule has 2 atom stereocenters. The molecule has 43 heavy (non-hydrogen) atoms. The normalized spacial score (nSPS) is 21.3. The Morgan fingerprint density at radius 3 is 1.86 bits per heavy atom. The summed E-state index contributed by atoms with van der Waals surface area (Å²) in [5, 5.41) is 7.93. The number of ether oxygens (including phenoxy) is 1. The molecule has 1 nitrogen and oxygen atoms in total. The van der Waals surface area contributed by atoms with Crippen LogP contribution in [0, 0.1) is 0 Å². The molecule has 1 aliphatic heterocycles. The Morgan fingerprint density at radius 1 is 0.512 bits per heavy atom. The molecule has 1 heterocycles. The molecule has 0 aromatic heterocycles. The smallest absolute Gasteiger partial charge is 0.124 e. The summed E-state index contributed by atoms with van der Waals surface area (Å²) < 4.78 is 6.72. The molecule has 0 bridgehead atoms. The highest BCUT2D eigenvalue weighted by molar-refractivity contribution is 6.29. The summed E-state index contributed by atoms with van der Waals surface area (Å²) in [6.45, 7) is 4.77. The van der Waals surface area contributed by atoms with Gasteiger partial charge >= 0.3 is 0 Å². The van der Waals surface area contributed by atoms with Crippen LogP contribution in [-0.4, -0.2) is 5.60 Å². The van der Waals surface area contributed by atoms with Gasteiger partial charge < -0.3 is 4.74 Å². The van der Waals surface area contributed by atoms with E-state index in [0.29, 0.717) is 0 Å². The minimum Gasteiger partial charge on any atom is -0.486 e. The van der Waals surface area contributed by atoms with Crippen LogP contribution in [0.4, 0.5) is 0 Å². The number of benzene rings is 7. The molecule has 1 aliphatic carbocycles. The van der Waals surface area contributed by atoms with Gasteiger partial charge in [-0.3, -0.25) is 0 Å². The zero-order valence-electron chi connectivity index (χ0n) is 24.8. The van der Waals surface area contributed by atoms with Gasteiger partial charge in [0.1, 0.15) is 11.4 Å². The van der Waals surface area contributed by atoms with Crippen molar-refractivity contribution >= 4 is 32.3 Å². The first kappa shape index (κ1) is 24.9. The van der Waals surface area contributed by atoms with Crippen molar-refractivity contribution in [3.05, 3.63) is 127 Å². The van der Waals surface area contributed by atoms with Crippen LogP contribution in [0.25, 0.3) is 65.7 Å². The number of fused-ring (bicyclic) bond motifs is 3. The molecule has 2 aliphatic rings. The molecular weight excluding hydrogens is 520 g/mol. The molecule has 0 amide bonds. The molecule has 1 fully saturated rings. The minimum atomic E-state index is -0.127. The van der Waals surface area contributed by atoms with Gasteiger partial charge in [-0.05, 0) is 110 Å². The van der Waals surface area contributed by atoms with E-state index in [1.165, 1.54) is 90.5 Å². The minimum absolute atomic E-state index is 0.0349. The summed E-state index contributed by atoms with van der Waals surface area (Å²) in [5.74, 6) is 1.07. The quantitative estimate of drug-likeness (QED) is 0.197. The number of hydrogen-bond donors (Lipinski definition) is 0. The van der Waals surface area contributed by atoms with Crippen molar-refractivity contribution < 1.29 is 4.74 Å². The van der Waals surface area contributed by atoms with E-state index in [0.717, 1.165) is 12.2 Å². The zero-order valence-corrected chi connectivity index (χ0v) is 24.8. The van der Waals surface area contributed by atoms with Gasteiger partial charge in [0.15, 0.2) is 0 Å². The first-order valence-corrected chi connectivity index (χ1v) is 15.7. The number of hydrogen-bond acceptors (Lipinski definition) is 1. The Kier molecular flexibility index (Phi) is 5.18. The second kappa shape index (κ2) is 8.94. The van der Waals surface area contributed by atoms with Gasteiger partial charge in [0.05, 0.1) is 0 Å². The molecule has 7 aromatic rings. The van der Waals surface area contributed by atoms with Crippen LogP contribution < -0.4 is 4.74 Å². The molecule has 1 heteroatoms. The van der Waals surface area contributed by atoms with Crippen LogP contribution >= 0.6 is 0 Å². The van der Waals surface area contributed by atoms with Gasteiger partial charge in [-0.2, -0.15) is 0 Å². The Hall–Kier alpha value is -4.62. The van der Waals surface area contributed by atoms with Crippen molar-refractivity contribution in [1.29, 1.82) is 0 Å². The van der Waals surface area contributed by atoms with Crippen LogP contribution in [0.15, 0.2) is 121 Å². The SMILES string of the molecule is CC12CCCCC1(C)c1cc(-c3cc(-c4ccccc4)c4ccc5ccc(-c6ccccc6)c6ccc3c4c56)ccc1O2. The van der Waals surface area contributed by atoms with E-state index in [2.05, 4.69) is 135 Å². The van der Waals surface area contributed by atoms with Crippen molar-refractivity contribution in [2.75, 3.05) is 0 Å². The molecular formula is C42H34O. The van der Waals surface area contributed by atoms with E-state index >= 15 is 0 Å². The van der Waals surface area contributed by atoms with E-state index in [4.69, 9.17) is 4.74 Å². The third-order valence-corrected chi connectivity index (χ3v) is 10.9. The maximum absolute atomic E-state index is 6.72. The molecule has 2 unspecified atom stereocenters. The van der Waals surface area contributed by atoms with Crippen LogP contribution in [0.5, 0.6) is 5.75 Å². The highest BCUT2D eigenvalue weighted by Gasteiger charge is 2.55. The monoisotopic (exact) mass is 554 g/mol. The van der Waals surface area contributed by atoms with E-state index in [9.17, 15) is 0 Å². The topological polar surface area (TPSA) is 9.23 Å². The number of rotatable bonds is 3. The van der Waals surface area contributed by atoms with Gasteiger partial charge in [0.25, 0.3) is 0 Å². The third-order valence-electron chi connectivity index (χ3n) is 10.9. The second-order valence-corrected chi connectivity index (χ2v) is 13.1. The van der Waals surface area contributed by atoms with Crippen molar-refractivity contribution in [3.8, 4) is 39.1 Å². The van der Waals surface area contributed by atoms with Gasteiger partial charge in [0.2, 0.25) is 0 Å². The average Bonchev–Trinajstić information content (AvgIpc) is 3.30. The van der Waals surface area contributed by atoms with Gasteiger partial charge in [0, 0.05) is 11.0 Å². The lowest BCUT2D eigenvalue weighted by atomic mass is 9.63. The first-order valence-electron chi connectivity index (χ1n) is 15.7. The summed E-state index contributed by atoms with van der Waals surface area (Å²) >= 11 is 0. The molecule has 7 aromatic carbocycles. The zero-order chi connectivity index (χ0) is 28.8. The highest BCUT2D eigenvalue weighted by Crippen LogP contribution is 2.57. The maximum Gasteiger partial charge on any atom is 0.124 e. The van der Waals surface area contributed by atoms with E-state index in [1.807, 2.05) is 0 Å². The van der Waals surface area contributed by atoms with Gasteiger partial charge in [-0.25, -0.2) is 0 Å². The van der Waals surface area contributed by atoms with Crippen LogP contribution in [0.1, 0.15) is 45.1 Å². The lowest BCUT2D eigenvalue weighted by Gasteiger charge is -2.43. The van der Waals surface area contributed by atoms with Crippen molar-refractivity contribution in [1.82, 2.24) is 0 Å². The second-order valence-electron chi connectivity index (χ2n) is 13.1. The standard InChI is InChI=1S/C42H34O/c1-41-23-9-10-24-42(41,2)43-38-22-17-30(25-37(38)41)36-26-35(28-13-7-4-8-14-28)33-19-16-29-15-18-31(27-11-5-3-6-12-27)32-20-21-34(36)40(33)39(29)32/h3-8,11-22,25-26H,9-10,23-24H2,1-2H3. The predicted molar refractivity (Wildman–Crippen MR) is 181 cm³/mol. The Bertz CT molecular complexity index is 2180. The summed E-state index contributed by atoms with van der Waals surface area (Å²) in [7, 11) is 0. The van der Waals surface area contributed by atoms with Crippen LogP contribution in [0.3, 0.4) is 0 Å². The molecule has 1 saturated carbocycles. The lowest BCUT2D eigenvalue weighted by molar-refractivity contribution is 0.00740. The van der Waals surface area contributed by atoms with Gasteiger partial charge in [-0.1, -0.05) is 116 Å². The molecule has 9 rings (SSSR count). The lowest BCUT2D eigenvalue weighted by Crippen LogP contribution is -2.49. The highest BCUT2D eigenvalue weighted by atomic mass is 16.5. The van der Waals surface area contributed by atoms with E-state index in [-0.39, 0.29) is 11.0 Å². The largest absolute Gasteiger partial charge is 0.486 e. The van der Waals surface area contributed by atoms with E-state index < -0.39 is 0 Å². The maximum atomic E-state index is 6.72. The Labute approximate surface area is 253 Å².